The fourth-order valence-electron chi connectivity index (χ4n) is 7.57. The van der Waals surface area contributed by atoms with Gasteiger partial charge in [0.1, 0.15) is 0 Å². The molecule has 0 amide bonds. The summed E-state index contributed by atoms with van der Waals surface area (Å²) < 4.78 is 6.16. The molecule has 3 heteroatoms. The minimum atomic E-state index is 1.18. The van der Waals surface area contributed by atoms with Crippen LogP contribution >= 0.6 is 11.3 Å². The minimum absolute atomic E-state index is 1.18. The molecule has 0 fully saturated rings. The van der Waals surface area contributed by atoms with Crippen molar-refractivity contribution in [1.29, 1.82) is 0 Å². The summed E-state index contributed by atoms with van der Waals surface area (Å²) in [6.07, 6.45) is 0. The molecule has 0 aliphatic carbocycles. The predicted molar refractivity (Wildman–Crippen MR) is 206 cm³/mol. The molecule has 10 rings (SSSR count). The van der Waals surface area contributed by atoms with E-state index in [-0.39, 0.29) is 0 Å². The van der Waals surface area contributed by atoms with E-state index in [9.17, 15) is 0 Å². The van der Waals surface area contributed by atoms with Gasteiger partial charge in [-0.25, -0.2) is 0 Å². The van der Waals surface area contributed by atoms with Gasteiger partial charge >= 0.3 is 0 Å². The molecule has 0 aliphatic heterocycles. The van der Waals surface area contributed by atoms with Crippen molar-refractivity contribution in [2.24, 2.45) is 0 Å². The number of para-hydroxylation sites is 3. The molecule has 226 valence electrons. The third-order valence-electron chi connectivity index (χ3n) is 9.78. The van der Waals surface area contributed by atoms with Crippen molar-refractivity contribution in [2.75, 3.05) is 0 Å². The normalized spacial score (nSPS) is 11.9. The molecule has 3 heterocycles. The Balaban J connectivity index is 1.18. The number of hydrogen-bond acceptors (Lipinski definition) is 1. The van der Waals surface area contributed by atoms with E-state index in [2.05, 4.69) is 180 Å². The van der Waals surface area contributed by atoms with E-state index < -0.39 is 0 Å². The van der Waals surface area contributed by atoms with Crippen LogP contribution in [0.4, 0.5) is 0 Å². The van der Waals surface area contributed by atoms with Crippen molar-refractivity contribution >= 4 is 65.0 Å². The van der Waals surface area contributed by atoms with E-state index in [1.165, 1.54) is 92.2 Å². The van der Waals surface area contributed by atoms with Crippen molar-refractivity contribution < 1.29 is 0 Å². The molecule has 0 spiro atoms. The fourth-order valence-corrected chi connectivity index (χ4v) is 8.67. The molecule has 7 aromatic carbocycles. The molecule has 10 aromatic rings. The Bertz CT molecular complexity index is 2810. The molecule has 0 aliphatic rings. The van der Waals surface area contributed by atoms with Crippen LogP contribution in [0.15, 0.2) is 164 Å². The molecule has 0 saturated heterocycles. The molecule has 2 nitrogen and oxygen atoms in total. The lowest BCUT2D eigenvalue weighted by atomic mass is 10.0. The Morgan fingerprint density at radius 2 is 1.02 bits per heavy atom. The Morgan fingerprint density at radius 3 is 1.73 bits per heavy atom. The first-order valence-corrected chi connectivity index (χ1v) is 17.3. The predicted octanol–water partition coefficient (Wildman–Crippen LogP) is 12.7. The van der Waals surface area contributed by atoms with Crippen LogP contribution in [0.1, 0.15) is 5.56 Å². The Labute approximate surface area is 282 Å². The largest absolute Gasteiger partial charge is 0.309 e. The number of aromatic nitrogens is 2. The van der Waals surface area contributed by atoms with Crippen molar-refractivity contribution in [1.82, 2.24) is 9.13 Å². The number of aryl methyl sites for hydroxylation is 1. The van der Waals surface area contributed by atoms with Crippen molar-refractivity contribution in [2.45, 2.75) is 6.92 Å². The van der Waals surface area contributed by atoms with E-state index in [0.717, 1.165) is 0 Å². The second-order valence-corrected chi connectivity index (χ2v) is 13.8. The molecule has 0 saturated carbocycles. The second kappa shape index (κ2) is 10.6. The highest BCUT2D eigenvalue weighted by atomic mass is 32.1. The van der Waals surface area contributed by atoms with E-state index >= 15 is 0 Å². The van der Waals surface area contributed by atoms with Gasteiger partial charge in [-0.15, -0.1) is 11.3 Å². The maximum atomic E-state index is 2.47. The van der Waals surface area contributed by atoms with Gasteiger partial charge in [0, 0.05) is 42.4 Å². The zero-order valence-electron chi connectivity index (χ0n) is 26.4. The van der Waals surface area contributed by atoms with Gasteiger partial charge in [-0.1, -0.05) is 97.1 Å². The van der Waals surface area contributed by atoms with E-state index in [1.54, 1.807) is 0 Å². The van der Waals surface area contributed by atoms with Crippen LogP contribution in [-0.2, 0) is 0 Å². The number of benzene rings is 7. The molecule has 0 bridgehead atoms. The first kappa shape index (κ1) is 27.2. The zero-order valence-corrected chi connectivity index (χ0v) is 27.2. The van der Waals surface area contributed by atoms with Gasteiger partial charge in [-0.3, -0.25) is 0 Å². The molecule has 0 radical (unpaired) electrons. The molecule has 0 unspecified atom stereocenters. The number of rotatable bonds is 4. The molecule has 48 heavy (non-hydrogen) atoms. The van der Waals surface area contributed by atoms with Crippen LogP contribution in [0.5, 0.6) is 0 Å². The summed E-state index contributed by atoms with van der Waals surface area (Å²) in [6, 6.07) is 60.1. The lowest BCUT2D eigenvalue weighted by Crippen LogP contribution is -1.97. The standard InChI is InChI=1S/C45H30N2S/c1-29-19-22-36(45-28-32-11-5-10-18-44(32)48-45)43(25-29)47-40-17-9-7-15-35(40)38-27-31(21-24-42(38)47)30-20-23-41-37(26-30)34-14-6-8-16-39(34)46(41)33-12-3-2-4-13-33/h2-28H,1H3. The first-order chi connectivity index (χ1) is 23.7. The van der Waals surface area contributed by atoms with Crippen LogP contribution in [0.3, 0.4) is 0 Å². The highest BCUT2D eigenvalue weighted by Crippen LogP contribution is 2.42. The highest BCUT2D eigenvalue weighted by molar-refractivity contribution is 7.22. The summed E-state index contributed by atoms with van der Waals surface area (Å²) in [5.41, 5.74) is 12.2. The van der Waals surface area contributed by atoms with E-state index in [0.29, 0.717) is 0 Å². The fraction of sp³-hybridized carbons (Fsp3) is 0.0222. The Hall–Kier alpha value is -5.90. The maximum absolute atomic E-state index is 2.47. The first-order valence-electron chi connectivity index (χ1n) is 16.4. The van der Waals surface area contributed by atoms with E-state index in [1.807, 2.05) is 11.3 Å². The number of nitrogens with zero attached hydrogens (tertiary/aromatic N) is 2. The van der Waals surface area contributed by atoms with Crippen LogP contribution in [-0.4, -0.2) is 9.13 Å². The molecular weight excluding hydrogens is 601 g/mol. The summed E-state index contributed by atoms with van der Waals surface area (Å²) >= 11 is 1.86. The summed E-state index contributed by atoms with van der Waals surface area (Å²) in [6.45, 7) is 2.19. The lowest BCUT2D eigenvalue weighted by molar-refractivity contribution is 1.17. The number of hydrogen-bond donors (Lipinski definition) is 0. The SMILES string of the molecule is Cc1ccc(-c2cc3ccccc3s2)c(-n2c3ccccc3c3cc(-c4ccc5c(c4)c4ccccc4n5-c4ccccc4)ccc32)c1. The van der Waals surface area contributed by atoms with Crippen LogP contribution in [0.2, 0.25) is 0 Å². The lowest BCUT2D eigenvalue weighted by Gasteiger charge is -2.14. The van der Waals surface area contributed by atoms with Gasteiger partial charge in [0.15, 0.2) is 0 Å². The maximum Gasteiger partial charge on any atom is 0.0551 e. The van der Waals surface area contributed by atoms with Crippen molar-refractivity contribution in [3.05, 3.63) is 169 Å². The average molecular weight is 631 g/mol. The summed E-state index contributed by atoms with van der Waals surface area (Å²) in [5.74, 6) is 0. The monoisotopic (exact) mass is 630 g/mol. The average Bonchev–Trinajstić information content (AvgIpc) is 3.81. The molecule has 0 atom stereocenters. The van der Waals surface area contributed by atoms with Crippen molar-refractivity contribution in [3.63, 3.8) is 0 Å². The quantitative estimate of drug-likeness (QED) is 0.183. The third-order valence-corrected chi connectivity index (χ3v) is 10.9. The van der Waals surface area contributed by atoms with Crippen molar-refractivity contribution in [3.8, 4) is 32.9 Å². The van der Waals surface area contributed by atoms with Crippen LogP contribution in [0, 0.1) is 6.92 Å². The van der Waals surface area contributed by atoms with Gasteiger partial charge in [0.05, 0.1) is 27.8 Å². The number of thiophene rings is 1. The van der Waals surface area contributed by atoms with Gasteiger partial charge in [0.2, 0.25) is 0 Å². The van der Waals surface area contributed by atoms with E-state index in [4.69, 9.17) is 0 Å². The zero-order chi connectivity index (χ0) is 31.8. The summed E-state index contributed by atoms with van der Waals surface area (Å²) in [7, 11) is 0. The summed E-state index contributed by atoms with van der Waals surface area (Å²) in [5, 5.41) is 6.35. The van der Waals surface area contributed by atoms with Gasteiger partial charge < -0.3 is 9.13 Å². The van der Waals surface area contributed by atoms with Crippen LogP contribution < -0.4 is 0 Å². The Morgan fingerprint density at radius 1 is 0.438 bits per heavy atom. The summed E-state index contributed by atoms with van der Waals surface area (Å²) in [4.78, 5) is 1.29. The highest BCUT2D eigenvalue weighted by Gasteiger charge is 2.19. The molecular formula is C45H30N2S. The minimum Gasteiger partial charge on any atom is -0.309 e. The smallest absolute Gasteiger partial charge is 0.0551 e. The third kappa shape index (κ3) is 4.11. The van der Waals surface area contributed by atoms with Gasteiger partial charge in [-0.2, -0.15) is 0 Å². The van der Waals surface area contributed by atoms with Gasteiger partial charge in [0.25, 0.3) is 0 Å². The van der Waals surface area contributed by atoms with Gasteiger partial charge in [-0.05, 0) is 95.7 Å². The second-order valence-electron chi connectivity index (χ2n) is 12.7. The molecule has 3 aromatic heterocycles. The number of fused-ring (bicyclic) bond motifs is 7. The Kier molecular flexibility index (Phi) is 5.99. The van der Waals surface area contributed by atoms with Crippen LogP contribution in [0.25, 0.3) is 86.6 Å². The topological polar surface area (TPSA) is 9.86 Å². The molecule has 0 N–H and O–H groups in total.